The van der Waals surface area contributed by atoms with Crippen molar-refractivity contribution < 1.29 is 32.2 Å². The number of anilines is 1. The number of halogens is 3. The average molecular weight is 542 g/mol. The van der Waals surface area contributed by atoms with Gasteiger partial charge in [-0.25, -0.2) is 4.98 Å². The SMILES string of the molecule is COC(=O)CCNC(=O)c1ccc(N[C@H](c2ccc(-c3ccc(C(F)(F)F)cc3)cc2)C2CCOCC2)nc1. The Balaban J connectivity index is 1.47. The number of benzene rings is 2. The Morgan fingerprint density at radius 2 is 1.64 bits per heavy atom. The third-order valence-electron chi connectivity index (χ3n) is 6.72. The number of aromatic nitrogens is 1. The fourth-order valence-corrected chi connectivity index (χ4v) is 4.51. The number of rotatable bonds is 9. The lowest BCUT2D eigenvalue weighted by molar-refractivity contribution is -0.140. The van der Waals surface area contributed by atoms with Gasteiger partial charge >= 0.3 is 12.1 Å². The number of esters is 1. The quantitative estimate of drug-likeness (QED) is 0.341. The molecule has 0 saturated carbocycles. The molecular weight excluding hydrogens is 511 g/mol. The van der Waals surface area contributed by atoms with Crippen molar-refractivity contribution >= 4 is 17.7 Å². The minimum atomic E-state index is -4.37. The maximum absolute atomic E-state index is 12.9. The highest BCUT2D eigenvalue weighted by atomic mass is 19.4. The van der Waals surface area contributed by atoms with Crippen LogP contribution in [0, 0.1) is 5.92 Å². The standard InChI is InChI=1S/C29H30F3N3O4/c1-38-26(36)12-15-33-28(37)23-8-11-25(34-18-23)35-27(22-13-16-39-17-14-22)21-4-2-19(3-5-21)20-6-9-24(10-7-20)29(30,31)32/h2-11,18,22,27H,12-17H2,1H3,(H,33,37)(H,34,35)/t27-/m1/s1. The van der Waals surface area contributed by atoms with Gasteiger partial charge in [0, 0.05) is 26.0 Å². The molecule has 206 valence electrons. The molecule has 0 spiro atoms. The van der Waals surface area contributed by atoms with Crippen molar-refractivity contribution in [2.24, 2.45) is 5.92 Å². The van der Waals surface area contributed by atoms with E-state index in [0.717, 1.165) is 36.1 Å². The van der Waals surface area contributed by atoms with Crippen LogP contribution in [0.3, 0.4) is 0 Å². The molecule has 1 saturated heterocycles. The molecule has 4 rings (SSSR count). The van der Waals surface area contributed by atoms with Gasteiger partial charge in [0.1, 0.15) is 5.82 Å². The number of methoxy groups -OCH3 is 1. The largest absolute Gasteiger partial charge is 0.469 e. The number of hydrogen-bond donors (Lipinski definition) is 2. The van der Waals surface area contributed by atoms with E-state index in [0.29, 0.717) is 30.2 Å². The lowest BCUT2D eigenvalue weighted by atomic mass is 9.86. The van der Waals surface area contributed by atoms with Crippen LogP contribution in [0.25, 0.3) is 11.1 Å². The zero-order valence-electron chi connectivity index (χ0n) is 21.5. The Morgan fingerprint density at radius 1 is 1.00 bits per heavy atom. The highest BCUT2D eigenvalue weighted by Crippen LogP contribution is 2.35. The van der Waals surface area contributed by atoms with E-state index in [2.05, 4.69) is 20.4 Å². The van der Waals surface area contributed by atoms with Crippen LogP contribution in [0.15, 0.2) is 66.9 Å². The first-order valence-electron chi connectivity index (χ1n) is 12.7. The van der Waals surface area contributed by atoms with Crippen molar-refractivity contribution in [1.29, 1.82) is 0 Å². The van der Waals surface area contributed by atoms with Gasteiger partial charge in [0.2, 0.25) is 0 Å². The lowest BCUT2D eigenvalue weighted by Crippen LogP contribution is -2.28. The van der Waals surface area contributed by atoms with Crippen LogP contribution in [-0.2, 0) is 20.4 Å². The zero-order chi connectivity index (χ0) is 27.8. The molecule has 39 heavy (non-hydrogen) atoms. The Morgan fingerprint density at radius 3 is 2.21 bits per heavy atom. The maximum Gasteiger partial charge on any atom is 0.416 e. The molecule has 1 amide bonds. The van der Waals surface area contributed by atoms with Gasteiger partial charge in [-0.3, -0.25) is 9.59 Å². The molecule has 1 aliphatic rings. The second-order valence-corrected chi connectivity index (χ2v) is 9.28. The summed E-state index contributed by atoms with van der Waals surface area (Å²) < 4.78 is 48.9. The summed E-state index contributed by atoms with van der Waals surface area (Å²) in [7, 11) is 1.29. The van der Waals surface area contributed by atoms with E-state index >= 15 is 0 Å². The fraction of sp³-hybridized carbons (Fsp3) is 0.345. The molecule has 1 atom stereocenters. The lowest BCUT2D eigenvalue weighted by Gasteiger charge is -2.32. The minimum absolute atomic E-state index is 0.0808. The van der Waals surface area contributed by atoms with Crippen LogP contribution in [0.1, 0.15) is 46.8 Å². The Kier molecular flexibility index (Phi) is 9.19. The van der Waals surface area contributed by atoms with E-state index in [1.54, 1.807) is 12.1 Å². The van der Waals surface area contributed by atoms with Gasteiger partial charge in [-0.1, -0.05) is 36.4 Å². The van der Waals surface area contributed by atoms with Gasteiger partial charge in [-0.15, -0.1) is 0 Å². The zero-order valence-corrected chi connectivity index (χ0v) is 21.5. The van der Waals surface area contributed by atoms with Crippen LogP contribution in [0.4, 0.5) is 19.0 Å². The van der Waals surface area contributed by atoms with Crippen LogP contribution in [-0.4, -0.2) is 43.7 Å². The number of nitrogens with zero attached hydrogens (tertiary/aromatic N) is 1. The van der Waals surface area contributed by atoms with Crippen molar-refractivity contribution in [2.45, 2.75) is 31.5 Å². The van der Waals surface area contributed by atoms with E-state index in [-0.39, 0.29) is 30.8 Å². The number of pyridine rings is 1. The first-order chi connectivity index (χ1) is 18.7. The van der Waals surface area contributed by atoms with Crippen molar-refractivity contribution in [2.75, 3.05) is 32.2 Å². The molecule has 1 fully saturated rings. The summed E-state index contributed by atoms with van der Waals surface area (Å²) in [5.74, 6) is 0.139. The fourth-order valence-electron chi connectivity index (χ4n) is 4.51. The topological polar surface area (TPSA) is 89.5 Å². The predicted molar refractivity (Wildman–Crippen MR) is 140 cm³/mol. The molecule has 0 aliphatic carbocycles. The Labute approximate surface area is 224 Å². The predicted octanol–water partition coefficient (Wildman–Crippen LogP) is 5.64. The Hall–Kier alpha value is -3.92. The summed E-state index contributed by atoms with van der Waals surface area (Å²) in [4.78, 5) is 28.0. The van der Waals surface area contributed by atoms with E-state index in [4.69, 9.17) is 4.74 Å². The molecule has 2 aromatic carbocycles. The molecule has 7 nitrogen and oxygen atoms in total. The second-order valence-electron chi connectivity index (χ2n) is 9.28. The summed E-state index contributed by atoms with van der Waals surface area (Å²) in [6.45, 7) is 1.48. The normalized spacial score (nSPS) is 14.9. The highest BCUT2D eigenvalue weighted by Gasteiger charge is 2.30. The first-order valence-corrected chi connectivity index (χ1v) is 12.7. The van der Waals surface area contributed by atoms with Gasteiger partial charge < -0.3 is 20.1 Å². The van der Waals surface area contributed by atoms with Gasteiger partial charge in [0.05, 0.1) is 30.7 Å². The molecule has 0 radical (unpaired) electrons. The molecular formula is C29H30F3N3O4. The minimum Gasteiger partial charge on any atom is -0.469 e. The van der Waals surface area contributed by atoms with Gasteiger partial charge in [0.25, 0.3) is 5.91 Å². The number of amides is 1. The van der Waals surface area contributed by atoms with Crippen molar-refractivity contribution in [3.8, 4) is 11.1 Å². The van der Waals surface area contributed by atoms with Gasteiger partial charge in [0.15, 0.2) is 0 Å². The molecule has 2 N–H and O–H groups in total. The van der Waals surface area contributed by atoms with Crippen LogP contribution in [0.2, 0.25) is 0 Å². The van der Waals surface area contributed by atoms with Crippen LogP contribution in [0.5, 0.6) is 0 Å². The van der Waals surface area contributed by atoms with Gasteiger partial charge in [-0.05, 0) is 59.7 Å². The second kappa shape index (κ2) is 12.8. The van der Waals surface area contributed by atoms with Crippen LogP contribution < -0.4 is 10.6 Å². The molecule has 0 unspecified atom stereocenters. The van der Waals surface area contributed by atoms with Crippen molar-refractivity contribution in [3.05, 3.63) is 83.6 Å². The summed E-state index contributed by atoms with van der Waals surface area (Å²) in [6.07, 6.45) is -1.09. The molecule has 0 bridgehead atoms. The number of alkyl halides is 3. The van der Waals surface area contributed by atoms with E-state index in [1.807, 2.05) is 24.3 Å². The summed E-state index contributed by atoms with van der Waals surface area (Å²) in [5, 5.41) is 6.16. The summed E-state index contributed by atoms with van der Waals surface area (Å²) >= 11 is 0. The molecule has 10 heteroatoms. The van der Waals surface area contributed by atoms with E-state index in [1.165, 1.54) is 25.4 Å². The molecule has 3 aromatic rings. The number of hydrogen-bond acceptors (Lipinski definition) is 6. The van der Waals surface area contributed by atoms with E-state index in [9.17, 15) is 22.8 Å². The van der Waals surface area contributed by atoms with Gasteiger partial charge in [-0.2, -0.15) is 13.2 Å². The first kappa shape index (κ1) is 28.1. The van der Waals surface area contributed by atoms with E-state index < -0.39 is 17.7 Å². The number of carbonyl (C=O) groups is 2. The highest BCUT2D eigenvalue weighted by molar-refractivity contribution is 5.94. The third kappa shape index (κ3) is 7.57. The monoisotopic (exact) mass is 541 g/mol. The summed E-state index contributed by atoms with van der Waals surface area (Å²) in [5.41, 5.74) is 2.23. The number of nitrogens with one attached hydrogen (secondary N) is 2. The number of carbonyl (C=O) groups excluding carboxylic acids is 2. The molecule has 2 heterocycles. The third-order valence-corrected chi connectivity index (χ3v) is 6.72. The van der Waals surface area contributed by atoms with Crippen molar-refractivity contribution in [3.63, 3.8) is 0 Å². The van der Waals surface area contributed by atoms with Crippen LogP contribution >= 0.6 is 0 Å². The number of ether oxygens (including phenoxy) is 2. The average Bonchev–Trinajstić information content (AvgIpc) is 2.96. The molecule has 1 aromatic heterocycles. The maximum atomic E-state index is 12.9. The van der Waals surface area contributed by atoms with Crippen molar-refractivity contribution in [1.82, 2.24) is 10.3 Å². The Bertz CT molecular complexity index is 1240. The smallest absolute Gasteiger partial charge is 0.416 e. The molecule has 1 aliphatic heterocycles. The summed E-state index contributed by atoms with van der Waals surface area (Å²) in [6, 6.07) is 16.2.